The SMILES string of the molecule is CC1(C)CCN2CC[C@@]3(C)Cc4c(/C=C(\C(=O)O)C5Nc6ccccc6S5)cc1c2c43. The Labute approximate surface area is 187 Å². The van der Waals surface area contributed by atoms with Gasteiger partial charge in [0.25, 0.3) is 0 Å². The average molecular weight is 433 g/mol. The van der Waals surface area contributed by atoms with Gasteiger partial charge in [0.15, 0.2) is 0 Å². The lowest BCUT2D eigenvalue weighted by Crippen LogP contribution is -2.51. The maximum absolute atomic E-state index is 12.3. The monoisotopic (exact) mass is 432 g/mol. The summed E-state index contributed by atoms with van der Waals surface area (Å²) in [5.41, 5.74) is 8.62. The van der Waals surface area contributed by atoms with Crippen molar-refractivity contribution >= 4 is 35.2 Å². The summed E-state index contributed by atoms with van der Waals surface area (Å²) in [7, 11) is 0. The molecule has 5 heteroatoms. The lowest BCUT2D eigenvalue weighted by Gasteiger charge is -2.55. The quantitative estimate of drug-likeness (QED) is 0.636. The molecule has 0 amide bonds. The molecule has 3 aliphatic heterocycles. The fraction of sp³-hybridized carbons (Fsp3) is 0.423. The van der Waals surface area contributed by atoms with Crippen molar-refractivity contribution in [1.29, 1.82) is 0 Å². The topological polar surface area (TPSA) is 52.6 Å². The number of rotatable bonds is 3. The van der Waals surface area contributed by atoms with Crippen molar-refractivity contribution < 1.29 is 9.90 Å². The molecule has 2 aromatic rings. The molecule has 3 heterocycles. The molecule has 2 aromatic carbocycles. The Morgan fingerprint density at radius 2 is 2.00 bits per heavy atom. The average Bonchev–Trinajstić information content (AvgIpc) is 3.13. The second-order valence-corrected chi connectivity index (χ2v) is 11.5. The molecular formula is C26H28N2O2S. The zero-order valence-electron chi connectivity index (χ0n) is 18.3. The van der Waals surface area contributed by atoms with Crippen LogP contribution in [0, 0.1) is 0 Å². The van der Waals surface area contributed by atoms with Gasteiger partial charge in [-0.05, 0) is 71.2 Å². The fourth-order valence-electron chi connectivity index (χ4n) is 5.94. The lowest BCUT2D eigenvalue weighted by molar-refractivity contribution is -0.132. The third-order valence-electron chi connectivity index (χ3n) is 7.86. The van der Waals surface area contributed by atoms with Gasteiger partial charge >= 0.3 is 5.97 Å². The molecule has 1 unspecified atom stereocenters. The minimum Gasteiger partial charge on any atom is -0.478 e. The Bertz CT molecular complexity index is 1140. The molecule has 2 N–H and O–H groups in total. The van der Waals surface area contributed by atoms with Crippen molar-refractivity contribution in [3.63, 3.8) is 0 Å². The molecule has 0 saturated heterocycles. The number of fused-ring (bicyclic) bond motifs is 1. The van der Waals surface area contributed by atoms with Gasteiger partial charge in [-0.1, -0.05) is 44.7 Å². The van der Waals surface area contributed by atoms with Crippen LogP contribution in [0.15, 0.2) is 40.8 Å². The zero-order chi connectivity index (χ0) is 21.5. The van der Waals surface area contributed by atoms with Gasteiger partial charge in [-0.2, -0.15) is 0 Å². The molecule has 0 fully saturated rings. The van der Waals surface area contributed by atoms with Gasteiger partial charge in [0, 0.05) is 34.8 Å². The summed E-state index contributed by atoms with van der Waals surface area (Å²) in [6.07, 6.45) is 5.34. The second-order valence-electron chi connectivity index (χ2n) is 10.4. The molecule has 0 bridgehead atoms. The number of benzene rings is 2. The number of thioether (sulfide) groups is 1. The number of carboxylic acids is 1. The molecule has 0 radical (unpaired) electrons. The van der Waals surface area contributed by atoms with Crippen molar-refractivity contribution in [1.82, 2.24) is 0 Å². The van der Waals surface area contributed by atoms with Gasteiger partial charge in [0.05, 0.1) is 5.57 Å². The Morgan fingerprint density at radius 1 is 1.23 bits per heavy atom. The molecule has 4 nitrogen and oxygen atoms in total. The number of aliphatic carboxylic acids is 1. The van der Waals surface area contributed by atoms with E-state index in [-0.39, 0.29) is 16.2 Å². The van der Waals surface area contributed by atoms with E-state index in [0.29, 0.717) is 5.57 Å². The Balaban J connectivity index is 1.49. The van der Waals surface area contributed by atoms with Crippen LogP contribution in [0.5, 0.6) is 0 Å². The molecule has 4 aliphatic rings. The predicted molar refractivity (Wildman–Crippen MR) is 127 cm³/mol. The van der Waals surface area contributed by atoms with Gasteiger partial charge in [0.1, 0.15) is 5.37 Å². The van der Waals surface area contributed by atoms with Gasteiger partial charge < -0.3 is 15.3 Å². The van der Waals surface area contributed by atoms with E-state index in [1.165, 1.54) is 28.8 Å². The van der Waals surface area contributed by atoms with Crippen molar-refractivity contribution in [2.75, 3.05) is 23.3 Å². The molecule has 0 saturated carbocycles. The van der Waals surface area contributed by atoms with Crippen molar-refractivity contribution in [2.45, 2.75) is 61.1 Å². The first-order valence-corrected chi connectivity index (χ1v) is 12.1. The highest BCUT2D eigenvalue weighted by molar-refractivity contribution is 8.00. The largest absolute Gasteiger partial charge is 0.478 e. The Hall–Kier alpha value is -2.40. The van der Waals surface area contributed by atoms with Gasteiger partial charge in [-0.3, -0.25) is 0 Å². The number of hydrogen-bond acceptors (Lipinski definition) is 4. The van der Waals surface area contributed by atoms with E-state index < -0.39 is 5.97 Å². The van der Waals surface area contributed by atoms with Crippen LogP contribution in [-0.4, -0.2) is 29.5 Å². The molecule has 0 aromatic heterocycles. The van der Waals surface area contributed by atoms with Crippen LogP contribution in [0.25, 0.3) is 6.08 Å². The van der Waals surface area contributed by atoms with E-state index in [0.717, 1.165) is 42.1 Å². The third-order valence-corrected chi connectivity index (χ3v) is 9.07. The van der Waals surface area contributed by atoms with E-state index in [9.17, 15) is 9.90 Å². The van der Waals surface area contributed by atoms with Crippen molar-refractivity contribution in [2.24, 2.45) is 0 Å². The highest BCUT2D eigenvalue weighted by atomic mass is 32.2. The Kier molecular flexibility index (Phi) is 3.93. The molecule has 0 spiro atoms. The minimum atomic E-state index is -0.848. The first kappa shape index (κ1) is 19.3. The number of anilines is 2. The molecule has 2 atom stereocenters. The molecule has 1 aliphatic carbocycles. The highest BCUT2D eigenvalue weighted by Gasteiger charge is 2.49. The van der Waals surface area contributed by atoms with Crippen LogP contribution in [-0.2, 0) is 22.0 Å². The van der Waals surface area contributed by atoms with Crippen molar-refractivity contribution in [3.8, 4) is 0 Å². The Morgan fingerprint density at radius 3 is 2.77 bits per heavy atom. The summed E-state index contributed by atoms with van der Waals surface area (Å²) in [5.74, 6) is -0.848. The number of nitrogens with one attached hydrogen (secondary N) is 1. The number of carboxylic acid groups (broad SMARTS) is 1. The summed E-state index contributed by atoms with van der Waals surface area (Å²) in [6.45, 7) is 9.33. The molecule has 160 valence electrons. The summed E-state index contributed by atoms with van der Waals surface area (Å²) in [4.78, 5) is 16.0. The van der Waals surface area contributed by atoms with Gasteiger partial charge in [0.2, 0.25) is 0 Å². The maximum atomic E-state index is 12.3. The molecule has 6 rings (SSSR count). The maximum Gasteiger partial charge on any atom is 0.334 e. The smallest absolute Gasteiger partial charge is 0.334 e. The van der Waals surface area contributed by atoms with E-state index in [1.54, 1.807) is 11.8 Å². The van der Waals surface area contributed by atoms with Gasteiger partial charge in [-0.25, -0.2) is 4.79 Å². The number of para-hydroxylation sites is 1. The summed E-state index contributed by atoms with van der Waals surface area (Å²) in [5, 5.41) is 13.3. The first-order chi connectivity index (χ1) is 14.8. The standard InChI is InChI=1S/C26H28N2O2S/c1-25(2)8-10-28-11-9-26(3)14-17-15(13-18(25)22(28)21(17)26)12-16(24(29)30)23-27-19-6-4-5-7-20(19)31-23/h4-7,12-13,23,27H,8-11,14H2,1-3H3,(H,29,30)/b16-12-/t23?,26-/m0/s1. The van der Waals surface area contributed by atoms with Crippen LogP contribution < -0.4 is 10.2 Å². The van der Waals surface area contributed by atoms with E-state index >= 15 is 0 Å². The zero-order valence-corrected chi connectivity index (χ0v) is 19.1. The van der Waals surface area contributed by atoms with E-state index in [1.807, 2.05) is 30.3 Å². The minimum absolute atomic E-state index is 0.108. The number of nitrogens with zero attached hydrogens (tertiary/aromatic N) is 1. The lowest BCUT2D eigenvalue weighted by atomic mass is 9.57. The van der Waals surface area contributed by atoms with Crippen LogP contribution >= 0.6 is 11.8 Å². The van der Waals surface area contributed by atoms with Gasteiger partial charge in [-0.15, -0.1) is 0 Å². The summed E-state index contributed by atoms with van der Waals surface area (Å²) < 4.78 is 0. The molecule has 31 heavy (non-hydrogen) atoms. The predicted octanol–water partition coefficient (Wildman–Crippen LogP) is 5.40. The first-order valence-electron chi connectivity index (χ1n) is 11.2. The second kappa shape index (κ2) is 6.32. The highest BCUT2D eigenvalue weighted by Crippen LogP contribution is 2.58. The van der Waals surface area contributed by atoms with Crippen LogP contribution in [0.1, 0.15) is 55.9 Å². The van der Waals surface area contributed by atoms with Crippen LogP contribution in [0.3, 0.4) is 0 Å². The summed E-state index contributed by atoms with van der Waals surface area (Å²) in [6, 6.07) is 10.4. The van der Waals surface area contributed by atoms with E-state index in [4.69, 9.17) is 0 Å². The third kappa shape index (κ3) is 2.72. The number of carbonyl (C=O) groups is 1. The van der Waals surface area contributed by atoms with E-state index in [2.05, 4.69) is 37.1 Å². The fourth-order valence-corrected chi connectivity index (χ4v) is 7.09. The van der Waals surface area contributed by atoms with Crippen LogP contribution in [0.4, 0.5) is 11.4 Å². The summed E-state index contributed by atoms with van der Waals surface area (Å²) >= 11 is 1.59. The molecular weight excluding hydrogens is 404 g/mol. The number of hydrogen-bond donors (Lipinski definition) is 2. The normalized spacial score (nSPS) is 27.1. The van der Waals surface area contributed by atoms with Crippen LogP contribution in [0.2, 0.25) is 0 Å². The van der Waals surface area contributed by atoms with Crippen molar-refractivity contribution in [3.05, 3.63) is 58.2 Å².